The molecular formula is C14H14FN3S. The molecule has 1 N–H and O–H groups in total. The Labute approximate surface area is 115 Å². The Hall–Kier alpha value is -1.62. The molecule has 0 amide bonds. The smallest absolute Gasteiger partial charge is 0.223 e. The second-order valence-electron chi connectivity index (χ2n) is 4.48. The van der Waals surface area contributed by atoms with Crippen LogP contribution in [0.1, 0.15) is 17.5 Å². The number of nitrogens with one attached hydrogen (secondary N) is 1. The van der Waals surface area contributed by atoms with Gasteiger partial charge in [0, 0.05) is 11.9 Å². The third-order valence-electron chi connectivity index (χ3n) is 3.22. The lowest BCUT2D eigenvalue weighted by Gasteiger charge is -2.06. The van der Waals surface area contributed by atoms with E-state index in [0.717, 1.165) is 17.7 Å². The lowest BCUT2D eigenvalue weighted by atomic mass is 10.1. The fraction of sp³-hybridized carbons (Fsp3) is 0.286. The number of aryl methyl sites for hydroxylation is 2. The number of aromatic nitrogens is 2. The van der Waals surface area contributed by atoms with Gasteiger partial charge in [0.1, 0.15) is 5.03 Å². The minimum absolute atomic E-state index is 0.359. The number of nitrogens with zero attached hydrogens (tertiary/aromatic N) is 2. The van der Waals surface area contributed by atoms with Crippen molar-refractivity contribution >= 4 is 17.7 Å². The van der Waals surface area contributed by atoms with E-state index in [1.165, 1.54) is 35.5 Å². The first-order valence-electron chi connectivity index (χ1n) is 6.26. The highest BCUT2D eigenvalue weighted by Crippen LogP contribution is 2.32. The molecule has 0 unspecified atom stereocenters. The van der Waals surface area contributed by atoms with Crippen molar-refractivity contribution in [1.82, 2.24) is 9.97 Å². The number of anilines is 1. The first-order valence-corrected chi connectivity index (χ1v) is 7.08. The van der Waals surface area contributed by atoms with Crippen LogP contribution in [0.5, 0.6) is 0 Å². The maximum Gasteiger partial charge on any atom is 0.223 e. The van der Waals surface area contributed by atoms with Gasteiger partial charge >= 0.3 is 0 Å². The number of fused-ring (bicyclic) bond motifs is 1. The van der Waals surface area contributed by atoms with Gasteiger partial charge in [0.05, 0.1) is 6.20 Å². The lowest BCUT2D eigenvalue weighted by molar-refractivity contribution is 0.580. The van der Waals surface area contributed by atoms with Gasteiger partial charge in [0.2, 0.25) is 5.95 Å². The van der Waals surface area contributed by atoms with Crippen molar-refractivity contribution in [3.8, 4) is 0 Å². The Morgan fingerprint density at radius 1 is 1.26 bits per heavy atom. The monoisotopic (exact) mass is 275 g/mol. The molecular weight excluding hydrogens is 261 g/mol. The summed E-state index contributed by atoms with van der Waals surface area (Å²) in [7, 11) is 1.72. The predicted octanol–water partition coefficient (Wildman–Crippen LogP) is 3.30. The van der Waals surface area contributed by atoms with Crippen molar-refractivity contribution in [2.24, 2.45) is 0 Å². The van der Waals surface area contributed by atoms with E-state index >= 15 is 0 Å². The fourth-order valence-corrected chi connectivity index (χ4v) is 3.11. The summed E-state index contributed by atoms with van der Waals surface area (Å²) < 4.78 is 13.7. The van der Waals surface area contributed by atoms with Gasteiger partial charge in [-0.2, -0.15) is 0 Å². The SMILES string of the molecule is CNc1ncc(F)c(Sc2ccc3c(c2)CCC3)n1. The van der Waals surface area contributed by atoms with E-state index in [0.29, 0.717) is 11.0 Å². The summed E-state index contributed by atoms with van der Waals surface area (Å²) in [6, 6.07) is 6.33. The van der Waals surface area contributed by atoms with Crippen LogP contribution in [0.3, 0.4) is 0 Å². The van der Waals surface area contributed by atoms with E-state index < -0.39 is 0 Å². The van der Waals surface area contributed by atoms with Crippen molar-refractivity contribution < 1.29 is 4.39 Å². The topological polar surface area (TPSA) is 37.8 Å². The van der Waals surface area contributed by atoms with Gasteiger partial charge in [0.25, 0.3) is 0 Å². The summed E-state index contributed by atoms with van der Waals surface area (Å²) in [5.74, 6) is 0.0505. The quantitative estimate of drug-likeness (QED) is 0.872. The van der Waals surface area contributed by atoms with Gasteiger partial charge in [-0.1, -0.05) is 17.8 Å². The predicted molar refractivity (Wildman–Crippen MR) is 74.1 cm³/mol. The number of benzene rings is 1. The number of halogens is 1. The molecule has 1 aliphatic rings. The van der Waals surface area contributed by atoms with Crippen molar-refractivity contribution in [2.75, 3.05) is 12.4 Å². The number of hydrogen-bond donors (Lipinski definition) is 1. The zero-order valence-electron chi connectivity index (χ0n) is 10.6. The van der Waals surface area contributed by atoms with Crippen molar-refractivity contribution in [3.63, 3.8) is 0 Å². The molecule has 0 fully saturated rings. The van der Waals surface area contributed by atoms with Gasteiger partial charge in [-0.05, 0) is 42.5 Å². The van der Waals surface area contributed by atoms with Gasteiger partial charge in [0.15, 0.2) is 5.82 Å². The molecule has 3 rings (SSSR count). The molecule has 0 atom stereocenters. The van der Waals surface area contributed by atoms with Gasteiger partial charge in [-0.15, -0.1) is 0 Å². The molecule has 1 aromatic carbocycles. The normalized spacial score (nSPS) is 13.4. The Balaban J connectivity index is 1.88. The van der Waals surface area contributed by atoms with Crippen LogP contribution in [0.4, 0.5) is 10.3 Å². The van der Waals surface area contributed by atoms with Crippen molar-refractivity contribution in [3.05, 3.63) is 41.3 Å². The van der Waals surface area contributed by atoms with Gasteiger partial charge in [-0.25, -0.2) is 14.4 Å². The summed E-state index contributed by atoms with van der Waals surface area (Å²) in [5.41, 5.74) is 2.80. The van der Waals surface area contributed by atoms with Crippen LogP contribution in [0.2, 0.25) is 0 Å². The second-order valence-corrected chi connectivity index (χ2v) is 5.55. The maximum atomic E-state index is 13.7. The average Bonchev–Trinajstić information content (AvgIpc) is 2.89. The van der Waals surface area contributed by atoms with Gasteiger partial charge in [-0.3, -0.25) is 0 Å². The molecule has 98 valence electrons. The average molecular weight is 275 g/mol. The summed E-state index contributed by atoms with van der Waals surface area (Å²) in [6.07, 6.45) is 4.70. The third-order valence-corrected chi connectivity index (χ3v) is 4.19. The molecule has 0 aliphatic heterocycles. The van der Waals surface area contributed by atoms with Crippen LogP contribution in [-0.2, 0) is 12.8 Å². The molecule has 1 aliphatic carbocycles. The van der Waals surface area contributed by atoms with E-state index in [9.17, 15) is 4.39 Å². The first-order chi connectivity index (χ1) is 9.26. The largest absolute Gasteiger partial charge is 0.357 e. The molecule has 0 radical (unpaired) electrons. The summed E-state index contributed by atoms with van der Waals surface area (Å²) in [4.78, 5) is 9.02. The standard InChI is InChI=1S/C14H14FN3S/c1-16-14-17-8-12(15)13(18-14)19-11-6-5-9-3-2-4-10(9)7-11/h5-8H,2-4H2,1H3,(H,16,17,18). The number of hydrogen-bond acceptors (Lipinski definition) is 4. The van der Waals surface area contributed by atoms with Crippen molar-refractivity contribution in [1.29, 1.82) is 0 Å². The number of rotatable bonds is 3. The van der Waals surface area contributed by atoms with E-state index in [-0.39, 0.29) is 5.82 Å². The van der Waals surface area contributed by atoms with Crippen LogP contribution >= 0.6 is 11.8 Å². The third kappa shape index (κ3) is 2.56. The zero-order chi connectivity index (χ0) is 13.2. The van der Waals surface area contributed by atoms with E-state index in [1.54, 1.807) is 7.05 Å². The molecule has 19 heavy (non-hydrogen) atoms. The molecule has 0 spiro atoms. The van der Waals surface area contributed by atoms with E-state index in [4.69, 9.17) is 0 Å². The van der Waals surface area contributed by atoms with E-state index in [2.05, 4.69) is 27.4 Å². The van der Waals surface area contributed by atoms with Crippen molar-refractivity contribution in [2.45, 2.75) is 29.2 Å². The Morgan fingerprint density at radius 3 is 2.95 bits per heavy atom. The molecule has 5 heteroatoms. The molecule has 0 bridgehead atoms. The molecule has 2 aromatic rings. The highest BCUT2D eigenvalue weighted by atomic mass is 32.2. The first kappa shape index (κ1) is 12.4. The Kier molecular flexibility index (Phi) is 3.38. The molecule has 1 aromatic heterocycles. The lowest BCUT2D eigenvalue weighted by Crippen LogP contribution is -1.98. The zero-order valence-corrected chi connectivity index (χ0v) is 11.4. The molecule has 1 heterocycles. The van der Waals surface area contributed by atoms with Crippen LogP contribution in [0, 0.1) is 5.82 Å². The highest BCUT2D eigenvalue weighted by Gasteiger charge is 2.13. The molecule has 3 nitrogen and oxygen atoms in total. The van der Waals surface area contributed by atoms with Crippen LogP contribution in [-0.4, -0.2) is 17.0 Å². The summed E-state index contributed by atoms with van der Waals surface area (Å²) in [5, 5.41) is 3.18. The molecule has 0 saturated carbocycles. The van der Waals surface area contributed by atoms with E-state index in [1.807, 2.05) is 6.07 Å². The summed E-state index contributed by atoms with van der Waals surface area (Å²) in [6.45, 7) is 0. The van der Waals surface area contributed by atoms with Gasteiger partial charge < -0.3 is 5.32 Å². The Bertz CT molecular complexity index is 616. The minimum Gasteiger partial charge on any atom is -0.357 e. The Morgan fingerprint density at radius 2 is 2.11 bits per heavy atom. The summed E-state index contributed by atoms with van der Waals surface area (Å²) >= 11 is 1.34. The minimum atomic E-state index is -0.385. The van der Waals surface area contributed by atoms with Crippen LogP contribution in [0.15, 0.2) is 34.3 Å². The van der Waals surface area contributed by atoms with Crippen LogP contribution in [0.25, 0.3) is 0 Å². The fourth-order valence-electron chi connectivity index (χ4n) is 2.27. The second kappa shape index (κ2) is 5.17. The highest BCUT2D eigenvalue weighted by molar-refractivity contribution is 7.99. The molecule has 0 saturated heterocycles. The maximum absolute atomic E-state index is 13.7. The van der Waals surface area contributed by atoms with Crippen LogP contribution < -0.4 is 5.32 Å².